The van der Waals surface area contributed by atoms with Crippen molar-refractivity contribution in [1.82, 2.24) is 19.7 Å². The van der Waals surface area contributed by atoms with Gasteiger partial charge >= 0.3 is 12.3 Å². The number of hydrogen-bond donors (Lipinski definition) is 3. The van der Waals surface area contributed by atoms with Gasteiger partial charge in [0.25, 0.3) is 5.56 Å². The second-order valence-corrected chi connectivity index (χ2v) is 10.6. The maximum absolute atomic E-state index is 16.0. The Morgan fingerprint density at radius 3 is 2.55 bits per heavy atom. The number of rotatable bonds is 5. The van der Waals surface area contributed by atoms with Crippen LogP contribution >= 0.6 is 0 Å². The highest BCUT2D eigenvalue weighted by Crippen LogP contribution is 2.40. The van der Waals surface area contributed by atoms with Gasteiger partial charge in [0.1, 0.15) is 22.7 Å². The Labute approximate surface area is 226 Å². The van der Waals surface area contributed by atoms with Gasteiger partial charge in [-0.15, -0.1) is 0 Å². The van der Waals surface area contributed by atoms with Crippen LogP contribution in [0.15, 0.2) is 41.3 Å². The number of likely N-dealkylation sites (tertiary alicyclic amines) is 1. The number of nitriles is 1. The molecular weight excluding hydrogens is 536 g/mol. The Balaban J connectivity index is 1.71. The molecule has 10 nitrogen and oxygen atoms in total. The number of nitrogens with zero attached hydrogens (tertiary/aromatic N) is 4. The maximum atomic E-state index is 16.0. The topological polar surface area (TPSA) is 136 Å². The molecule has 4 rings (SSSR count). The normalized spacial score (nSPS) is 20.7. The number of ether oxygens (including phenoxy) is 1. The van der Waals surface area contributed by atoms with Crippen LogP contribution in [-0.2, 0) is 10.3 Å². The van der Waals surface area contributed by atoms with E-state index < -0.39 is 41.2 Å². The number of H-pyrrole nitrogens is 1. The predicted molar refractivity (Wildman–Crippen MR) is 137 cm³/mol. The quantitative estimate of drug-likeness (QED) is 0.384. The molecule has 3 aromatic rings. The van der Waals surface area contributed by atoms with Crippen LogP contribution in [-0.4, -0.2) is 61.9 Å². The Kier molecular flexibility index (Phi) is 7.55. The first-order chi connectivity index (χ1) is 18.7. The lowest BCUT2D eigenvalue weighted by Crippen LogP contribution is -2.56. The molecule has 1 saturated heterocycles. The van der Waals surface area contributed by atoms with Crippen molar-refractivity contribution in [2.45, 2.75) is 63.2 Å². The third-order valence-corrected chi connectivity index (χ3v) is 6.64. The number of aromatic nitrogens is 3. The molecule has 0 aliphatic carbocycles. The first-order valence-electron chi connectivity index (χ1n) is 12.4. The zero-order valence-electron chi connectivity index (χ0n) is 21.9. The minimum absolute atomic E-state index is 0.00594. The number of anilines is 2. The van der Waals surface area contributed by atoms with E-state index in [9.17, 15) is 33.1 Å². The minimum Gasteiger partial charge on any atom is -0.444 e. The summed E-state index contributed by atoms with van der Waals surface area (Å²) < 4.78 is 61.2. The van der Waals surface area contributed by atoms with E-state index in [1.165, 1.54) is 34.0 Å². The van der Waals surface area contributed by atoms with Gasteiger partial charge in [-0.1, -0.05) is 12.1 Å². The van der Waals surface area contributed by atoms with Crippen LogP contribution in [0.5, 0.6) is 0 Å². The molecule has 0 radical (unpaired) electrons. The lowest BCUT2D eigenvalue weighted by atomic mass is 9.83. The fourth-order valence-electron chi connectivity index (χ4n) is 4.66. The van der Waals surface area contributed by atoms with Gasteiger partial charge in [-0.25, -0.2) is 9.18 Å². The summed E-state index contributed by atoms with van der Waals surface area (Å²) in [6.45, 7) is 4.77. The fourth-order valence-corrected chi connectivity index (χ4v) is 4.66. The standard InChI is InChI=1S/C26H28F4N6O4/c1-24(2,3)40-23(39)35-13-10-25(9-11-31,18(27)14-35)36-17-8-12-32-22(38)19(17)21(34-36)33-16-6-4-15(5-7-16)20(37)26(28,29)30/h4-8,12,18,20,37H,9-10,13-14H2,1-3H3,(H,32,38)(H,33,34). The lowest BCUT2D eigenvalue weighted by molar-refractivity contribution is -0.206. The molecule has 1 fully saturated rings. The van der Waals surface area contributed by atoms with E-state index in [1.54, 1.807) is 20.8 Å². The van der Waals surface area contributed by atoms with Crippen molar-refractivity contribution in [2.75, 3.05) is 18.4 Å². The Hall–Kier alpha value is -4.12. The third-order valence-electron chi connectivity index (χ3n) is 6.64. The number of piperidine rings is 1. The first-order valence-corrected chi connectivity index (χ1v) is 12.4. The zero-order valence-corrected chi connectivity index (χ0v) is 21.9. The molecule has 3 unspecified atom stereocenters. The van der Waals surface area contributed by atoms with Gasteiger partial charge in [0.15, 0.2) is 11.9 Å². The summed E-state index contributed by atoms with van der Waals surface area (Å²) >= 11 is 0. The second kappa shape index (κ2) is 10.5. The summed E-state index contributed by atoms with van der Waals surface area (Å²) in [6.07, 6.45) is -8.92. The van der Waals surface area contributed by atoms with Gasteiger partial charge in [-0.3, -0.25) is 9.48 Å². The van der Waals surface area contributed by atoms with Crippen molar-refractivity contribution in [2.24, 2.45) is 0 Å². The molecule has 1 aliphatic rings. The van der Waals surface area contributed by atoms with Crippen LogP contribution < -0.4 is 10.9 Å². The van der Waals surface area contributed by atoms with E-state index in [2.05, 4.69) is 15.4 Å². The Bertz CT molecular complexity index is 1490. The van der Waals surface area contributed by atoms with Crippen LogP contribution in [0, 0.1) is 11.3 Å². The van der Waals surface area contributed by atoms with Gasteiger partial charge < -0.3 is 25.0 Å². The molecular formula is C26H28F4N6O4. The van der Waals surface area contributed by atoms with Crippen molar-refractivity contribution in [3.8, 4) is 6.07 Å². The number of aliphatic hydroxyl groups excluding tert-OH is 1. The summed E-state index contributed by atoms with van der Waals surface area (Å²) in [7, 11) is 0. The molecule has 0 bridgehead atoms. The number of carbonyl (C=O) groups is 1. The fraction of sp³-hybridized carbons (Fsp3) is 0.462. The molecule has 0 saturated carbocycles. The van der Waals surface area contributed by atoms with Crippen LogP contribution in [0.3, 0.4) is 0 Å². The molecule has 214 valence electrons. The van der Waals surface area contributed by atoms with Crippen molar-refractivity contribution in [3.63, 3.8) is 0 Å². The monoisotopic (exact) mass is 564 g/mol. The largest absolute Gasteiger partial charge is 0.444 e. The van der Waals surface area contributed by atoms with Gasteiger partial charge in [-0.2, -0.15) is 23.5 Å². The molecule has 1 aromatic carbocycles. The van der Waals surface area contributed by atoms with Crippen LogP contribution in [0.1, 0.15) is 45.3 Å². The minimum atomic E-state index is -4.84. The van der Waals surface area contributed by atoms with Crippen molar-refractivity contribution < 1.29 is 32.2 Å². The molecule has 3 atom stereocenters. The van der Waals surface area contributed by atoms with E-state index in [4.69, 9.17) is 4.74 Å². The predicted octanol–water partition coefficient (Wildman–Crippen LogP) is 4.65. The highest BCUT2D eigenvalue weighted by atomic mass is 19.4. The lowest BCUT2D eigenvalue weighted by Gasteiger charge is -2.43. The Morgan fingerprint density at radius 2 is 1.98 bits per heavy atom. The number of amides is 1. The number of alkyl halides is 4. The number of pyridine rings is 1. The number of carbonyl (C=O) groups excluding carboxylic acids is 1. The average molecular weight is 565 g/mol. The highest BCUT2D eigenvalue weighted by Gasteiger charge is 2.49. The number of hydrogen-bond acceptors (Lipinski definition) is 7. The molecule has 1 amide bonds. The summed E-state index contributed by atoms with van der Waals surface area (Å²) in [5.74, 6) is -0.0138. The van der Waals surface area contributed by atoms with Crippen LogP contribution in [0.2, 0.25) is 0 Å². The van der Waals surface area contributed by atoms with Gasteiger partial charge in [0.2, 0.25) is 0 Å². The number of aliphatic hydroxyl groups is 1. The van der Waals surface area contributed by atoms with Gasteiger partial charge in [0, 0.05) is 18.4 Å². The summed E-state index contributed by atoms with van der Waals surface area (Å²) in [5.41, 5.74) is -2.79. The molecule has 40 heavy (non-hydrogen) atoms. The zero-order chi connectivity index (χ0) is 29.5. The van der Waals surface area contributed by atoms with E-state index in [0.717, 1.165) is 12.1 Å². The first kappa shape index (κ1) is 28.9. The maximum Gasteiger partial charge on any atom is 0.418 e. The molecule has 2 aromatic heterocycles. The van der Waals surface area contributed by atoms with E-state index in [1.807, 2.05) is 6.07 Å². The summed E-state index contributed by atoms with van der Waals surface area (Å²) in [4.78, 5) is 29.1. The number of halogens is 4. The van der Waals surface area contributed by atoms with Crippen molar-refractivity contribution in [1.29, 1.82) is 5.26 Å². The number of benzene rings is 1. The van der Waals surface area contributed by atoms with E-state index in [0.29, 0.717) is 0 Å². The average Bonchev–Trinajstić information content (AvgIpc) is 3.23. The summed E-state index contributed by atoms with van der Waals surface area (Å²) in [6, 6.07) is 8.20. The van der Waals surface area contributed by atoms with E-state index in [-0.39, 0.29) is 53.9 Å². The number of aromatic amines is 1. The van der Waals surface area contributed by atoms with Gasteiger partial charge in [0.05, 0.1) is 24.6 Å². The third kappa shape index (κ3) is 5.60. The molecule has 3 heterocycles. The Morgan fingerprint density at radius 1 is 1.30 bits per heavy atom. The number of nitrogens with one attached hydrogen (secondary N) is 2. The second-order valence-electron chi connectivity index (χ2n) is 10.6. The number of fused-ring (bicyclic) bond motifs is 1. The van der Waals surface area contributed by atoms with Crippen molar-refractivity contribution >= 4 is 28.5 Å². The molecule has 1 aliphatic heterocycles. The van der Waals surface area contributed by atoms with E-state index >= 15 is 4.39 Å². The summed E-state index contributed by atoms with van der Waals surface area (Å²) in [5, 5.41) is 26.5. The smallest absolute Gasteiger partial charge is 0.418 e. The molecule has 14 heteroatoms. The van der Waals surface area contributed by atoms with Crippen LogP contribution in [0.25, 0.3) is 10.9 Å². The van der Waals surface area contributed by atoms with Crippen molar-refractivity contribution in [3.05, 3.63) is 52.4 Å². The molecule has 3 N–H and O–H groups in total. The van der Waals surface area contributed by atoms with Gasteiger partial charge in [-0.05, 0) is 51.0 Å². The SMILES string of the molecule is CC(C)(C)OC(=O)N1CCC(CC#N)(n2nc(Nc3ccc(C(O)C(F)(F)F)cc3)c3c(=O)[nH]ccc32)C(F)C1. The molecule has 0 spiro atoms. The van der Waals surface area contributed by atoms with Crippen LogP contribution in [0.4, 0.5) is 33.9 Å². The highest BCUT2D eigenvalue weighted by molar-refractivity contribution is 5.91.